The summed E-state index contributed by atoms with van der Waals surface area (Å²) in [7, 11) is 1.67. The topological polar surface area (TPSA) is 50.4 Å². The first-order chi connectivity index (χ1) is 8.79. The largest absolute Gasteiger partial charge is 0.497 e. The van der Waals surface area contributed by atoms with Crippen LogP contribution in [0, 0.1) is 5.92 Å². The van der Waals surface area contributed by atoms with Crippen molar-refractivity contribution in [2.24, 2.45) is 5.92 Å². The summed E-state index contributed by atoms with van der Waals surface area (Å²) in [6, 6.07) is 8.06. The van der Waals surface area contributed by atoms with Crippen LogP contribution in [0.15, 0.2) is 24.3 Å². The highest BCUT2D eigenvalue weighted by atomic mass is 16.5. The molecular formula is C14H20N2O2. The molecule has 1 amide bonds. The van der Waals surface area contributed by atoms with E-state index in [1.165, 1.54) is 5.56 Å². The van der Waals surface area contributed by atoms with E-state index < -0.39 is 0 Å². The van der Waals surface area contributed by atoms with Crippen molar-refractivity contribution in [3.8, 4) is 5.75 Å². The highest BCUT2D eigenvalue weighted by Gasteiger charge is 2.23. The average molecular weight is 248 g/mol. The zero-order chi connectivity index (χ0) is 12.8. The van der Waals surface area contributed by atoms with E-state index in [-0.39, 0.29) is 11.8 Å². The Morgan fingerprint density at radius 1 is 1.50 bits per heavy atom. The molecular weight excluding hydrogens is 228 g/mol. The fourth-order valence-corrected chi connectivity index (χ4v) is 1.95. The van der Waals surface area contributed by atoms with Crippen molar-refractivity contribution in [1.29, 1.82) is 0 Å². The summed E-state index contributed by atoms with van der Waals surface area (Å²) in [5.74, 6) is 1.25. The lowest BCUT2D eigenvalue weighted by Gasteiger charge is -2.25. The number of amides is 1. The van der Waals surface area contributed by atoms with Crippen LogP contribution in [-0.4, -0.2) is 32.7 Å². The van der Waals surface area contributed by atoms with Crippen molar-refractivity contribution in [3.05, 3.63) is 29.8 Å². The predicted octanol–water partition coefficient (Wildman–Crippen LogP) is 0.963. The highest BCUT2D eigenvalue weighted by molar-refractivity contribution is 5.79. The van der Waals surface area contributed by atoms with Gasteiger partial charge in [-0.3, -0.25) is 4.79 Å². The van der Waals surface area contributed by atoms with Crippen molar-refractivity contribution >= 4 is 5.91 Å². The standard InChI is InChI=1S/C14H20N2O2/c1-18-13-6-2-4-11(8-13)5-3-7-16-14(17)12-9-15-10-12/h2,4,6,8,12,15H,3,5,7,9-10H2,1H3,(H,16,17). The maximum absolute atomic E-state index is 11.6. The molecule has 1 aromatic rings. The molecule has 1 saturated heterocycles. The summed E-state index contributed by atoms with van der Waals surface area (Å²) in [4.78, 5) is 11.6. The van der Waals surface area contributed by atoms with Crippen LogP contribution in [-0.2, 0) is 11.2 Å². The van der Waals surface area contributed by atoms with Gasteiger partial charge in [-0.05, 0) is 30.5 Å². The summed E-state index contributed by atoms with van der Waals surface area (Å²) in [5, 5.41) is 6.07. The maximum Gasteiger partial charge on any atom is 0.225 e. The second-order valence-corrected chi connectivity index (χ2v) is 4.60. The predicted molar refractivity (Wildman–Crippen MR) is 70.7 cm³/mol. The van der Waals surface area contributed by atoms with Gasteiger partial charge in [-0.2, -0.15) is 0 Å². The molecule has 1 aliphatic rings. The Morgan fingerprint density at radius 3 is 3.00 bits per heavy atom. The quantitative estimate of drug-likeness (QED) is 0.737. The van der Waals surface area contributed by atoms with Crippen LogP contribution in [0.3, 0.4) is 0 Å². The van der Waals surface area contributed by atoms with Gasteiger partial charge in [-0.1, -0.05) is 12.1 Å². The number of benzene rings is 1. The van der Waals surface area contributed by atoms with Crippen molar-refractivity contribution in [2.45, 2.75) is 12.8 Å². The van der Waals surface area contributed by atoms with Gasteiger partial charge >= 0.3 is 0 Å². The molecule has 1 aromatic carbocycles. The second kappa shape index (κ2) is 6.40. The number of nitrogens with one attached hydrogen (secondary N) is 2. The number of ether oxygens (including phenoxy) is 1. The van der Waals surface area contributed by atoms with Gasteiger partial charge in [0.1, 0.15) is 5.75 Å². The van der Waals surface area contributed by atoms with E-state index in [4.69, 9.17) is 4.74 Å². The van der Waals surface area contributed by atoms with E-state index in [2.05, 4.69) is 16.7 Å². The molecule has 0 saturated carbocycles. The molecule has 1 heterocycles. The lowest BCUT2D eigenvalue weighted by Crippen LogP contribution is -2.50. The van der Waals surface area contributed by atoms with Gasteiger partial charge < -0.3 is 15.4 Å². The Kier molecular flexibility index (Phi) is 4.59. The molecule has 2 N–H and O–H groups in total. The van der Waals surface area contributed by atoms with Crippen LogP contribution in [0.1, 0.15) is 12.0 Å². The van der Waals surface area contributed by atoms with Gasteiger partial charge in [-0.25, -0.2) is 0 Å². The van der Waals surface area contributed by atoms with Gasteiger partial charge in [0, 0.05) is 19.6 Å². The van der Waals surface area contributed by atoms with Gasteiger partial charge in [0.15, 0.2) is 0 Å². The molecule has 1 fully saturated rings. The first-order valence-corrected chi connectivity index (χ1v) is 6.41. The maximum atomic E-state index is 11.6. The third kappa shape index (κ3) is 3.47. The third-order valence-corrected chi connectivity index (χ3v) is 3.23. The third-order valence-electron chi connectivity index (χ3n) is 3.23. The fraction of sp³-hybridized carbons (Fsp3) is 0.500. The van der Waals surface area contributed by atoms with Gasteiger partial charge in [0.25, 0.3) is 0 Å². The number of carbonyl (C=O) groups excluding carboxylic acids is 1. The monoisotopic (exact) mass is 248 g/mol. The van der Waals surface area contributed by atoms with Crippen LogP contribution in [0.5, 0.6) is 5.75 Å². The Balaban J connectivity index is 1.66. The summed E-state index contributed by atoms with van der Waals surface area (Å²) >= 11 is 0. The smallest absolute Gasteiger partial charge is 0.225 e. The average Bonchev–Trinajstić information content (AvgIpc) is 2.33. The number of methoxy groups -OCH3 is 1. The minimum atomic E-state index is 0.180. The molecule has 18 heavy (non-hydrogen) atoms. The molecule has 0 unspecified atom stereocenters. The first kappa shape index (κ1) is 12.9. The zero-order valence-corrected chi connectivity index (χ0v) is 10.7. The Morgan fingerprint density at radius 2 is 2.33 bits per heavy atom. The van der Waals surface area contributed by atoms with Gasteiger partial charge in [-0.15, -0.1) is 0 Å². The molecule has 1 aliphatic heterocycles. The van der Waals surface area contributed by atoms with E-state index in [0.29, 0.717) is 0 Å². The molecule has 0 atom stereocenters. The highest BCUT2D eigenvalue weighted by Crippen LogP contribution is 2.13. The van der Waals surface area contributed by atoms with Crippen molar-refractivity contribution in [3.63, 3.8) is 0 Å². The Labute approximate surface area is 108 Å². The van der Waals surface area contributed by atoms with Crippen LogP contribution in [0.4, 0.5) is 0 Å². The molecule has 0 aromatic heterocycles. The Bertz CT molecular complexity index is 403. The number of hydrogen-bond acceptors (Lipinski definition) is 3. The molecule has 4 heteroatoms. The fourth-order valence-electron chi connectivity index (χ4n) is 1.95. The SMILES string of the molecule is COc1cccc(CCCNC(=O)C2CNC2)c1. The van der Waals surface area contributed by atoms with Crippen LogP contribution in [0.2, 0.25) is 0 Å². The first-order valence-electron chi connectivity index (χ1n) is 6.41. The summed E-state index contributed by atoms with van der Waals surface area (Å²) < 4.78 is 5.18. The minimum Gasteiger partial charge on any atom is -0.497 e. The van der Waals surface area contributed by atoms with Crippen molar-refractivity contribution < 1.29 is 9.53 Å². The lowest BCUT2D eigenvalue weighted by atomic mass is 10.0. The minimum absolute atomic E-state index is 0.180. The number of rotatable bonds is 6. The molecule has 0 radical (unpaired) electrons. The zero-order valence-electron chi connectivity index (χ0n) is 10.7. The molecule has 98 valence electrons. The van der Waals surface area contributed by atoms with Gasteiger partial charge in [0.05, 0.1) is 13.0 Å². The summed E-state index contributed by atoms with van der Waals surface area (Å²) in [6.07, 6.45) is 1.92. The number of aryl methyl sites for hydroxylation is 1. The number of carbonyl (C=O) groups is 1. The van der Waals surface area contributed by atoms with E-state index in [9.17, 15) is 4.79 Å². The Hall–Kier alpha value is -1.55. The molecule has 0 bridgehead atoms. The van der Waals surface area contributed by atoms with Crippen LogP contribution in [0.25, 0.3) is 0 Å². The summed E-state index contributed by atoms with van der Waals surface area (Å²) in [6.45, 7) is 2.38. The van der Waals surface area contributed by atoms with Crippen LogP contribution < -0.4 is 15.4 Å². The van der Waals surface area contributed by atoms with E-state index in [0.717, 1.165) is 38.2 Å². The van der Waals surface area contributed by atoms with E-state index in [1.54, 1.807) is 7.11 Å². The van der Waals surface area contributed by atoms with Crippen LogP contribution >= 0.6 is 0 Å². The van der Waals surface area contributed by atoms with Crippen molar-refractivity contribution in [2.75, 3.05) is 26.7 Å². The van der Waals surface area contributed by atoms with E-state index >= 15 is 0 Å². The van der Waals surface area contributed by atoms with E-state index in [1.807, 2.05) is 18.2 Å². The summed E-state index contributed by atoms with van der Waals surface area (Å²) in [5.41, 5.74) is 1.24. The molecule has 2 rings (SSSR count). The molecule has 4 nitrogen and oxygen atoms in total. The molecule has 0 spiro atoms. The normalized spacial score (nSPS) is 14.9. The second-order valence-electron chi connectivity index (χ2n) is 4.60. The molecule has 0 aliphatic carbocycles. The lowest BCUT2D eigenvalue weighted by molar-refractivity contribution is -0.126. The van der Waals surface area contributed by atoms with Gasteiger partial charge in [0.2, 0.25) is 5.91 Å². The van der Waals surface area contributed by atoms with Crippen molar-refractivity contribution in [1.82, 2.24) is 10.6 Å². The number of hydrogen-bond donors (Lipinski definition) is 2.